The summed E-state index contributed by atoms with van der Waals surface area (Å²) in [6.07, 6.45) is 1.47. The Morgan fingerprint density at radius 3 is 2.41 bits per heavy atom. The van der Waals surface area contributed by atoms with Crippen LogP contribution in [0.3, 0.4) is 0 Å². The molecule has 1 aromatic heterocycles. The molecule has 0 bridgehead atoms. The minimum atomic E-state index is -0.252. The summed E-state index contributed by atoms with van der Waals surface area (Å²) in [5.41, 5.74) is 3.12. The monoisotopic (exact) mass is 390 g/mol. The molecule has 3 aromatic rings. The van der Waals surface area contributed by atoms with Crippen LogP contribution in [0.5, 0.6) is 0 Å². The second-order valence-corrected chi connectivity index (χ2v) is 7.10. The van der Waals surface area contributed by atoms with Crippen molar-refractivity contribution in [2.75, 3.05) is 5.32 Å². The maximum absolute atomic E-state index is 12.7. The number of anilines is 1. The predicted molar refractivity (Wildman–Crippen MR) is 109 cm³/mol. The fraction of sp³-hybridized carbons (Fsp3) is 0.273. The van der Waals surface area contributed by atoms with E-state index in [0.29, 0.717) is 11.5 Å². The largest absolute Gasteiger partial charge is 0.310 e. The third-order valence-electron chi connectivity index (χ3n) is 5.04. The topological polar surface area (TPSA) is 84.3 Å². The van der Waals surface area contributed by atoms with Crippen LogP contribution in [-0.4, -0.2) is 32.2 Å². The minimum absolute atomic E-state index is 0.147. The van der Waals surface area contributed by atoms with Gasteiger partial charge < -0.3 is 4.57 Å². The molecule has 1 N–H and O–H groups in total. The van der Waals surface area contributed by atoms with Gasteiger partial charge in [-0.25, -0.2) is 4.98 Å². The van der Waals surface area contributed by atoms with Crippen LogP contribution in [-0.2, 0) is 22.7 Å². The van der Waals surface area contributed by atoms with Gasteiger partial charge in [-0.15, -0.1) is 0 Å². The number of para-hydroxylation sites is 2. The number of hydrogen-bond acceptors (Lipinski definition) is 4. The van der Waals surface area contributed by atoms with Crippen molar-refractivity contribution in [1.82, 2.24) is 14.5 Å². The third-order valence-corrected chi connectivity index (χ3v) is 5.04. The molecule has 0 aliphatic carbocycles. The number of likely N-dealkylation sites (tertiary alicyclic amines) is 1. The number of imidazole rings is 1. The molecule has 2 aromatic carbocycles. The van der Waals surface area contributed by atoms with E-state index in [9.17, 15) is 14.4 Å². The van der Waals surface area contributed by atoms with Crippen LogP contribution >= 0.6 is 0 Å². The summed E-state index contributed by atoms with van der Waals surface area (Å²) in [7, 11) is 0. The first-order chi connectivity index (χ1) is 14.1. The number of rotatable bonds is 6. The molecule has 0 saturated carbocycles. The zero-order chi connectivity index (χ0) is 20.4. The summed E-state index contributed by atoms with van der Waals surface area (Å²) in [5.74, 6) is -0.0220. The molecule has 0 spiro atoms. The third kappa shape index (κ3) is 3.76. The van der Waals surface area contributed by atoms with Gasteiger partial charge in [-0.3, -0.25) is 24.6 Å². The van der Waals surface area contributed by atoms with Gasteiger partial charge >= 0.3 is 0 Å². The van der Waals surface area contributed by atoms with Gasteiger partial charge in [0.1, 0.15) is 0 Å². The number of aryl methyl sites for hydroxylation is 1. The van der Waals surface area contributed by atoms with Crippen molar-refractivity contribution in [3.63, 3.8) is 0 Å². The normalized spacial score (nSPS) is 14.0. The number of imide groups is 1. The number of carbonyl (C=O) groups excluding carboxylic acids is 3. The Balaban J connectivity index is 1.50. The van der Waals surface area contributed by atoms with Crippen molar-refractivity contribution >= 4 is 34.7 Å². The predicted octanol–water partition coefficient (Wildman–Crippen LogP) is 3.35. The average molecular weight is 390 g/mol. The molecule has 7 nitrogen and oxygen atoms in total. The highest BCUT2D eigenvalue weighted by molar-refractivity contribution is 6.04. The molecular weight excluding hydrogens is 368 g/mol. The van der Waals surface area contributed by atoms with Crippen molar-refractivity contribution < 1.29 is 14.4 Å². The summed E-state index contributed by atoms with van der Waals surface area (Å²) in [6, 6.07) is 14.7. The molecule has 0 unspecified atom stereocenters. The van der Waals surface area contributed by atoms with E-state index >= 15 is 0 Å². The van der Waals surface area contributed by atoms with Crippen molar-refractivity contribution in [2.24, 2.45) is 0 Å². The van der Waals surface area contributed by atoms with Crippen molar-refractivity contribution in [2.45, 2.75) is 39.3 Å². The standard InChI is InChI=1S/C22H22N4O3/c1-2-13-25-18-6-4-3-5-17(18)23-22(25)24-21(29)16-9-7-15(8-10-16)14-26-19(27)11-12-20(26)28/h3-10H,2,11-14H2,1H3,(H,23,24,29). The summed E-state index contributed by atoms with van der Waals surface area (Å²) < 4.78 is 2.01. The lowest BCUT2D eigenvalue weighted by atomic mass is 10.1. The second kappa shape index (κ2) is 7.87. The van der Waals surface area contributed by atoms with E-state index in [1.807, 2.05) is 28.8 Å². The fourth-order valence-electron chi connectivity index (χ4n) is 3.54. The second-order valence-electron chi connectivity index (χ2n) is 7.10. The van der Waals surface area contributed by atoms with Gasteiger partial charge in [-0.05, 0) is 36.2 Å². The first-order valence-corrected chi connectivity index (χ1v) is 9.75. The molecule has 2 heterocycles. The summed E-state index contributed by atoms with van der Waals surface area (Å²) in [4.78, 5) is 42.1. The Morgan fingerprint density at radius 2 is 1.72 bits per heavy atom. The lowest BCUT2D eigenvalue weighted by molar-refractivity contribution is -0.139. The van der Waals surface area contributed by atoms with E-state index in [1.165, 1.54) is 4.90 Å². The molecule has 29 heavy (non-hydrogen) atoms. The first kappa shape index (κ1) is 18.9. The number of nitrogens with zero attached hydrogens (tertiary/aromatic N) is 3. The number of hydrogen-bond donors (Lipinski definition) is 1. The Labute approximate surface area is 168 Å². The van der Waals surface area contributed by atoms with Gasteiger partial charge in [-0.1, -0.05) is 31.2 Å². The number of carbonyl (C=O) groups is 3. The van der Waals surface area contributed by atoms with Gasteiger partial charge in [0.25, 0.3) is 5.91 Å². The van der Waals surface area contributed by atoms with Crippen LogP contribution in [0, 0.1) is 0 Å². The number of fused-ring (bicyclic) bond motifs is 1. The highest BCUT2D eigenvalue weighted by atomic mass is 16.2. The Morgan fingerprint density at radius 1 is 1.03 bits per heavy atom. The summed E-state index contributed by atoms with van der Waals surface area (Å²) in [5, 5.41) is 2.90. The highest BCUT2D eigenvalue weighted by Gasteiger charge is 2.28. The zero-order valence-corrected chi connectivity index (χ0v) is 16.2. The molecular formula is C22H22N4O3. The van der Waals surface area contributed by atoms with E-state index < -0.39 is 0 Å². The Bertz CT molecular complexity index is 1070. The maximum Gasteiger partial charge on any atom is 0.257 e. The van der Waals surface area contributed by atoms with E-state index in [0.717, 1.165) is 29.6 Å². The van der Waals surface area contributed by atoms with Gasteiger partial charge in [0.15, 0.2) is 0 Å². The quantitative estimate of drug-likeness (QED) is 0.654. The number of amides is 3. The smallest absolute Gasteiger partial charge is 0.257 e. The van der Waals surface area contributed by atoms with Gasteiger partial charge in [0, 0.05) is 24.9 Å². The SMILES string of the molecule is CCCn1c(NC(=O)c2ccc(CN3C(=O)CCC3=O)cc2)nc2ccccc21. The molecule has 0 radical (unpaired) electrons. The van der Waals surface area contributed by atoms with Crippen LogP contribution in [0.25, 0.3) is 11.0 Å². The molecule has 1 aliphatic rings. The lowest BCUT2D eigenvalue weighted by Gasteiger charge is -2.14. The van der Waals surface area contributed by atoms with E-state index in [2.05, 4.69) is 17.2 Å². The molecule has 3 amide bonds. The molecule has 148 valence electrons. The van der Waals surface area contributed by atoms with Gasteiger partial charge in [-0.2, -0.15) is 0 Å². The average Bonchev–Trinajstić information content (AvgIpc) is 3.23. The highest BCUT2D eigenvalue weighted by Crippen LogP contribution is 2.21. The number of aromatic nitrogens is 2. The van der Waals surface area contributed by atoms with E-state index in [1.54, 1.807) is 24.3 Å². The molecule has 1 aliphatic heterocycles. The molecule has 1 fully saturated rings. The van der Waals surface area contributed by atoms with E-state index in [-0.39, 0.29) is 37.1 Å². The first-order valence-electron chi connectivity index (χ1n) is 9.75. The number of nitrogens with one attached hydrogen (secondary N) is 1. The molecule has 7 heteroatoms. The van der Waals surface area contributed by atoms with Crippen LogP contribution in [0.15, 0.2) is 48.5 Å². The summed E-state index contributed by atoms with van der Waals surface area (Å²) in [6.45, 7) is 3.08. The molecule has 0 atom stereocenters. The van der Waals surface area contributed by atoms with E-state index in [4.69, 9.17) is 0 Å². The maximum atomic E-state index is 12.7. The van der Waals surface area contributed by atoms with Crippen LogP contribution in [0.1, 0.15) is 42.1 Å². The van der Waals surface area contributed by atoms with Crippen molar-refractivity contribution in [3.05, 3.63) is 59.7 Å². The van der Waals surface area contributed by atoms with Crippen molar-refractivity contribution in [1.29, 1.82) is 0 Å². The molecule has 1 saturated heterocycles. The van der Waals surface area contributed by atoms with Crippen molar-refractivity contribution in [3.8, 4) is 0 Å². The molecule has 4 rings (SSSR count). The summed E-state index contributed by atoms with van der Waals surface area (Å²) >= 11 is 0. The van der Waals surface area contributed by atoms with Crippen LogP contribution in [0.2, 0.25) is 0 Å². The lowest BCUT2D eigenvalue weighted by Crippen LogP contribution is -2.28. The van der Waals surface area contributed by atoms with Crippen LogP contribution in [0.4, 0.5) is 5.95 Å². The minimum Gasteiger partial charge on any atom is -0.310 e. The number of benzene rings is 2. The zero-order valence-electron chi connectivity index (χ0n) is 16.2. The Kier molecular flexibility index (Phi) is 5.12. The fourth-order valence-corrected chi connectivity index (χ4v) is 3.54. The Hall–Kier alpha value is -3.48. The van der Waals surface area contributed by atoms with Crippen LogP contribution < -0.4 is 5.32 Å². The van der Waals surface area contributed by atoms with Gasteiger partial charge in [0.05, 0.1) is 17.6 Å². The van der Waals surface area contributed by atoms with Gasteiger partial charge in [0.2, 0.25) is 17.8 Å².